The van der Waals surface area contributed by atoms with Crippen LogP contribution >= 0.6 is 0 Å². The molecule has 1 atom stereocenters. The lowest BCUT2D eigenvalue weighted by atomic mass is 9.94. The van der Waals surface area contributed by atoms with Gasteiger partial charge in [0.05, 0.1) is 5.92 Å². The van der Waals surface area contributed by atoms with Gasteiger partial charge in [0.25, 0.3) is 5.91 Å². The lowest BCUT2D eigenvalue weighted by Crippen LogP contribution is -2.46. The fourth-order valence-electron chi connectivity index (χ4n) is 3.19. The van der Waals surface area contributed by atoms with Gasteiger partial charge in [-0.05, 0) is 75.2 Å². The molecule has 0 heterocycles. The summed E-state index contributed by atoms with van der Waals surface area (Å²) in [6.07, 6.45) is -0.389. The van der Waals surface area contributed by atoms with Gasteiger partial charge < -0.3 is 14.4 Å². The summed E-state index contributed by atoms with van der Waals surface area (Å²) in [5.41, 5.74) is 3.38. The van der Waals surface area contributed by atoms with Crippen LogP contribution < -0.4 is 10.4 Å². The van der Waals surface area contributed by atoms with Crippen molar-refractivity contribution in [3.8, 4) is 0 Å². The van der Waals surface area contributed by atoms with E-state index in [1.165, 1.54) is 4.90 Å². The van der Waals surface area contributed by atoms with Gasteiger partial charge in [0.1, 0.15) is 5.60 Å². The molecule has 37 heavy (non-hydrogen) atoms. The molecule has 2 aromatic carbocycles. The Labute approximate surface area is 221 Å². The van der Waals surface area contributed by atoms with Crippen LogP contribution in [0.4, 0.5) is 10.5 Å². The average molecular weight is 529 g/mol. The maximum absolute atomic E-state index is 12.9. The van der Waals surface area contributed by atoms with E-state index in [4.69, 9.17) is 9.26 Å². The second kappa shape index (κ2) is 11.9. The van der Waals surface area contributed by atoms with Crippen LogP contribution in [-0.4, -0.2) is 43.5 Å². The van der Waals surface area contributed by atoms with E-state index >= 15 is 0 Å². The van der Waals surface area contributed by atoms with Crippen LogP contribution in [0, 0.1) is 0 Å². The SMILES string of the molecule is CC(C)(C)OC(=O)N(CCC(C(=O)O)c1ccc(C(=O)NO[Si](C)(C)C(C)(C)C)cc1)c1ccccc1. The van der Waals surface area contributed by atoms with E-state index in [1.54, 1.807) is 69.3 Å². The van der Waals surface area contributed by atoms with Gasteiger partial charge in [-0.25, -0.2) is 10.3 Å². The van der Waals surface area contributed by atoms with Crippen LogP contribution in [0.3, 0.4) is 0 Å². The standard InChI is InChI=1S/C28H40N2O6Si/c1-27(2,3)35-26(34)30(22-12-10-9-11-13-22)19-18-23(25(32)33)20-14-16-21(17-15-20)24(31)29-36-37(7,8)28(4,5)6/h9-17,23H,18-19H2,1-8H3,(H,29,31)(H,32,33). The summed E-state index contributed by atoms with van der Waals surface area (Å²) in [5.74, 6) is -2.28. The van der Waals surface area contributed by atoms with Crippen LogP contribution in [-0.2, 0) is 14.1 Å². The Morgan fingerprint density at radius 3 is 2.00 bits per heavy atom. The number of hydrogen-bond donors (Lipinski definition) is 2. The minimum Gasteiger partial charge on any atom is -0.481 e. The Morgan fingerprint density at radius 1 is 0.946 bits per heavy atom. The van der Waals surface area contributed by atoms with Crippen molar-refractivity contribution >= 4 is 32.0 Å². The van der Waals surface area contributed by atoms with Crippen LogP contribution in [0.1, 0.15) is 69.8 Å². The Hall–Kier alpha value is -3.17. The minimum atomic E-state index is -2.17. The lowest BCUT2D eigenvalue weighted by Gasteiger charge is -2.35. The molecule has 0 aromatic heterocycles. The molecule has 0 bridgehead atoms. The maximum Gasteiger partial charge on any atom is 0.414 e. The van der Waals surface area contributed by atoms with Crippen molar-refractivity contribution < 1.29 is 28.8 Å². The second-order valence-electron chi connectivity index (χ2n) is 11.6. The fourth-order valence-corrected chi connectivity index (χ4v) is 3.85. The summed E-state index contributed by atoms with van der Waals surface area (Å²) in [4.78, 5) is 39.1. The van der Waals surface area contributed by atoms with E-state index in [9.17, 15) is 19.5 Å². The molecule has 0 aliphatic heterocycles. The molecule has 1 unspecified atom stereocenters. The van der Waals surface area contributed by atoms with E-state index in [0.29, 0.717) is 16.8 Å². The van der Waals surface area contributed by atoms with Gasteiger partial charge in [-0.2, -0.15) is 0 Å². The summed E-state index contributed by atoms with van der Waals surface area (Å²) in [5, 5.41) is 9.87. The van der Waals surface area contributed by atoms with E-state index in [2.05, 4.69) is 26.3 Å². The first-order chi connectivity index (χ1) is 17.0. The third-order valence-corrected chi connectivity index (χ3v) is 10.6. The second-order valence-corrected chi connectivity index (χ2v) is 16.3. The third kappa shape index (κ3) is 8.72. The first kappa shape index (κ1) is 30.1. The molecule has 0 saturated heterocycles. The summed E-state index contributed by atoms with van der Waals surface area (Å²) in [6.45, 7) is 15.8. The predicted octanol–water partition coefficient (Wildman–Crippen LogP) is 6.35. The summed E-state index contributed by atoms with van der Waals surface area (Å²) in [6, 6.07) is 15.4. The maximum atomic E-state index is 12.9. The number of nitrogens with zero attached hydrogens (tertiary/aromatic N) is 1. The number of aliphatic carboxylic acids is 1. The summed E-state index contributed by atoms with van der Waals surface area (Å²) in [7, 11) is -2.17. The summed E-state index contributed by atoms with van der Waals surface area (Å²) >= 11 is 0. The number of ether oxygens (including phenoxy) is 1. The molecule has 2 amide bonds. The van der Waals surface area contributed by atoms with Gasteiger partial charge in [0, 0.05) is 17.8 Å². The quantitative estimate of drug-likeness (QED) is 0.290. The molecule has 8 nitrogen and oxygen atoms in total. The number of amides is 2. The zero-order chi connectivity index (χ0) is 28.0. The smallest absolute Gasteiger partial charge is 0.414 e. The number of anilines is 1. The van der Waals surface area contributed by atoms with Crippen LogP contribution in [0.5, 0.6) is 0 Å². The topological polar surface area (TPSA) is 105 Å². The number of carboxylic acid groups (broad SMARTS) is 1. The molecule has 0 fully saturated rings. The van der Waals surface area contributed by atoms with E-state index < -0.39 is 31.9 Å². The number of benzene rings is 2. The number of carbonyl (C=O) groups is 3. The molecular weight excluding hydrogens is 488 g/mol. The van der Waals surface area contributed by atoms with E-state index in [1.807, 2.05) is 19.2 Å². The molecule has 0 aliphatic rings. The number of hydroxylamine groups is 1. The van der Waals surface area contributed by atoms with Gasteiger partial charge in [0.2, 0.25) is 8.32 Å². The van der Waals surface area contributed by atoms with Gasteiger partial charge in [-0.1, -0.05) is 51.1 Å². The average Bonchev–Trinajstić information content (AvgIpc) is 2.79. The van der Waals surface area contributed by atoms with Crippen molar-refractivity contribution in [2.75, 3.05) is 11.4 Å². The van der Waals surface area contributed by atoms with Crippen LogP contribution in [0.15, 0.2) is 54.6 Å². The number of carboxylic acids is 1. The highest BCUT2D eigenvalue weighted by Gasteiger charge is 2.38. The first-order valence-corrected chi connectivity index (χ1v) is 15.3. The number of para-hydroxylation sites is 1. The van der Waals surface area contributed by atoms with Crippen molar-refractivity contribution in [2.45, 2.75) is 77.6 Å². The molecular formula is C28H40N2O6Si. The summed E-state index contributed by atoms with van der Waals surface area (Å²) < 4.78 is 11.3. The Morgan fingerprint density at radius 2 is 1.51 bits per heavy atom. The molecule has 2 rings (SSSR count). The largest absolute Gasteiger partial charge is 0.481 e. The Balaban J connectivity index is 2.15. The van der Waals surface area contributed by atoms with Crippen molar-refractivity contribution in [2.24, 2.45) is 0 Å². The van der Waals surface area contributed by atoms with Gasteiger partial charge in [0.15, 0.2) is 0 Å². The number of rotatable bonds is 9. The van der Waals surface area contributed by atoms with Crippen molar-refractivity contribution in [3.05, 3.63) is 65.7 Å². The van der Waals surface area contributed by atoms with Crippen molar-refractivity contribution in [3.63, 3.8) is 0 Å². The highest BCUT2D eigenvalue weighted by Crippen LogP contribution is 2.36. The van der Waals surface area contributed by atoms with Gasteiger partial charge >= 0.3 is 12.1 Å². The number of hydrogen-bond acceptors (Lipinski definition) is 5. The van der Waals surface area contributed by atoms with Crippen LogP contribution in [0.2, 0.25) is 18.1 Å². The van der Waals surface area contributed by atoms with Crippen molar-refractivity contribution in [1.82, 2.24) is 5.48 Å². The number of nitrogens with one attached hydrogen (secondary N) is 1. The van der Waals surface area contributed by atoms with E-state index in [-0.39, 0.29) is 23.9 Å². The monoisotopic (exact) mass is 528 g/mol. The molecule has 2 aromatic rings. The Kier molecular flexibility index (Phi) is 9.68. The molecule has 0 aliphatic carbocycles. The first-order valence-electron chi connectivity index (χ1n) is 12.4. The van der Waals surface area contributed by atoms with Crippen molar-refractivity contribution in [1.29, 1.82) is 0 Å². The van der Waals surface area contributed by atoms with Gasteiger partial charge in [-0.3, -0.25) is 14.5 Å². The zero-order valence-electron chi connectivity index (χ0n) is 23.1. The predicted molar refractivity (Wildman–Crippen MR) is 147 cm³/mol. The van der Waals surface area contributed by atoms with Crippen LogP contribution in [0.25, 0.3) is 0 Å². The van der Waals surface area contributed by atoms with E-state index in [0.717, 1.165) is 0 Å². The van der Waals surface area contributed by atoms with Gasteiger partial charge in [-0.15, -0.1) is 0 Å². The lowest BCUT2D eigenvalue weighted by molar-refractivity contribution is -0.138. The zero-order valence-corrected chi connectivity index (χ0v) is 24.1. The molecule has 9 heteroatoms. The highest BCUT2D eigenvalue weighted by molar-refractivity contribution is 6.74. The fraction of sp³-hybridized carbons (Fsp3) is 0.464. The molecule has 202 valence electrons. The number of carbonyl (C=O) groups excluding carboxylic acids is 2. The Bertz CT molecular complexity index is 1070. The highest BCUT2D eigenvalue weighted by atomic mass is 28.4. The minimum absolute atomic E-state index is 0.0637. The normalized spacial score (nSPS) is 13.0. The third-order valence-electron chi connectivity index (χ3n) is 6.40. The molecule has 0 spiro atoms. The molecule has 0 saturated carbocycles. The molecule has 0 radical (unpaired) electrons. The molecule has 2 N–H and O–H groups in total.